The van der Waals surface area contributed by atoms with Crippen LogP contribution >= 0.6 is 15.9 Å². The lowest BCUT2D eigenvalue weighted by molar-refractivity contribution is -0.117. The Labute approximate surface area is 142 Å². The Kier molecular flexibility index (Phi) is 5.94. The fraction of sp³-hybridized carbons (Fsp3) is 0.0588. The predicted molar refractivity (Wildman–Crippen MR) is 91.8 cm³/mol. The number of ether oxygens (including phenoxy) is 1. The molecule has 0 aliphatic heterocycles. The van der Waals surface area contributed by atoms with Crippen LogP contribution in [-0.2, 0) is 4.79 Å². The van der Waals surface area contributed by atoms with Crippen molar-refractivity contribution in [3.63, 3.8) is 0 Å². The number of hydrazine groups is 1. The third-order valence-corrected chi connectivity index (χ3v) is 3.65. The van der Waals surface area contributed by atoms with Crippen molar-refractivity contribution in [2.24, 2.45) is 0 Å². The third kappa shape index (κ3) is 4.96. The van der Waals surface area contributed by atoms with Gasteiger partial charge >= 0.3 is 0 Å². The average molecular weight is 375 g/mol. The molecule has 0 aliphatic carbocycles. The molecule has 0 unspecified atom stereocenters. The molecule has 0 heterocycles. The lowest BCUT2D eigenvalue weighted by Crippen LogP contribution is -2.40. The van der Waals surface area contributed by atoms with Crippen molar-refractivity contribution in [1.82, 2.24) is 10.9 Å². The highest BCUT2D eigenvalue weighted by Crippen LogP contribution is 2.15. The van der Waals surface area contributed by atoms with Gasteiger partial charge in [0.2, 0.25) is 0 Å². The Balaban J connectivity index is 1.88. The molecule has 0 bridgehead atoms. The van der Waals surface area contributed by atoms with Crippen LogP contribution in [0.4, 0.5) is 0 Å². The summed E-state index contributed by atoms with van der Waals surface area (Å²) in [7, 11) is 1.59. The molecule has 0 spiro atoms. The summed E-state index contributed by atoms with van der Waals surface area (Å²) in [6.07, 6.45) is 2.97. The number of benzene rings is 2. The summed E-state index contributed by atoms with van der Waals surface area (Å²) in [5, 5.41) is 0. The van der Waals surface area contributed by atoms with Crippen LogP contribution in [0.2, 0.25) is 0 Å². The predicted octanol–water partition coefficient (Wildman–Crippen LogP) is 2.93. The minimum atomic E-state index is -0.429. The molecule has 0 radical (unpaired) electrons. The Morgan fingerprint density at radius 1 is 1.04 bits per heavy atom. The first-order valence-corrected chi connectivity index (χ1v) is 7.56. The van der Waals surface area contributed by atoms with Crippen LogP contribution in [0, 0.1) is 0 Å². The standard InChI is InChI=1S/C17H15BrN2O3/c1-23-13-9-6-12(7-10-13)8-11-16(21)19-20-17(22)14-4-2-3-5-15(14)18/h2-11H,1H3,(H,19,21)(H,20,22). The van der Waals surface area contributed by atoms with E-state index in [1.54, 1.807) is 49.6 Å². The van der Waals surface area contributed by atoms with Crippen LogP contribution < -0.4 is 15.6 Å². The van der Waals surface area contributed by atoms with E-state index in [2.05, 4.69) is 26.8 Å². The van der Waals surface area contributed by atoms with Gasteiger partial charge < -0.3 is 4.74 Å². The number of carbonyl (C=O) groups excluding carboxylic acids is 2. The summed E-state index contributed by atoms with van der Waals surface area (Å²) in [6, 6.07) is 14.2. The number of methoxy groups -OCH3 is 1. The summed E-state index contributed by atoms with van der Waals surface area (Å²) < 4.78 is 5.71. The van der Waals surface area contributed by atoms with E-state index in [1.807, 2.05) is 12.1 Å². The highest BCUT2D eigenvalue weighted by Gasteiger charge is 2.08. The number of amides is 2. The molecule has 2 aromatic rings. The number of halogens is 1. The van der Waals surface area contributed by atoms with Crippen molar-refractivity contribution < 1.29 is 14.3 Å². The molecule has 23 heavy (non-hydrogen) atoms. The second-order valence-corrected chi connectivity index (χ2v) is 5.38. The van der Waals surface area contributed by atoms with Gasteiger partial charge in [-0.05, 0) is 51.8 Å². The van der Waals surface area contributed by atoms with Crippen molar-refractivity contribution in [1.29, 1.82) is 0 Å². The monoisotopic (exact) mass is 374 g/mol. The lowest BCUT2D eigenvalue weighted by atomic mass is 10.2. The summed E-state index contributed by atoms with van der Waals surface area (Å²) in [5.41, 5.74) is 5.97. The molecule has 2 amide bonds. The van der Waals surface area contributed by atoms with E-state index in [-0.39, 0.29) is 0 Å². The van der Waals surface area contributed by atoms with Crippen LogP contribution in [0.15, 0.2) is 59.1 Å². The zero-order chi connectivity index (χ0) is 16.7. The van der Waals surface area contributed by atoms with E-state index >= 15 is 0 Å². The van der Waals surface area contributed by atoms with Crippen molar-refractivity contribution in [2.45, 2.75) is 0 Å². The third-order valence-electron chi connectivity index (χ3n) is 2.96. The van der Waals surface area contributed by atoms with Gasteiger partial charge in [-0.1, -0.05) is 24.3 Å². The van der Waals surface area contributed by atoms with Crippen molar-refractivity contribution in [2.75, 3.05) is 7.11 Å². The molecule has 0 saturated carbocycles. The molecular formula is C17H15BrN2O3. The SMILES string of the molecule is COc1ccc(C=CC(=O)NNC(=O)c2ccccc2Br)cc1. The zero-order valence-corrected chi connectivity index (χ0v) is 14.0. The largest absolute Gasteiger partial charge is 0.497 e. The van der Waals surface area contributed by atoms with E-state index in [4.69, 9.17) is 4.74 Å². The van der Waals surface area contributed by atoms with Crippen molar-refractivity contribution in [3.05, 3.63) is 70.2 Å². The van der Waals surface area contributed by atoms with Gasteiger partial charge in [-0.2, -0.15) is 0 Å². The summed E-state index contributed by atoms with van der Waals surface area (Å²) in [5.74, 6) is -0.0859. The fourth-order valence-corrected chi connectivity index (χ4v) is 2.22. The zero-order valence-electron chi connectivity index (χ0n) is 12.4. The normalized spacial score (nSPS) is 10.3. The maximum atomic E-state index is 11.9. The van der Waals surface area contributed by atoms with E-state index in [0.29, 0.717) is 10.0 Å². The van der Waals surface area contributed by atoms with Gasteiger partial charge in [0.1, 0.15) is 5.75 Å². The maximum absolute atomic E-state index is 11.9. The number of carbonyl (C=O) groups is 2. The number of nitrogens with one attached hydrogen (secondary N) is 2. The second kappa shape index (κ2) is 8.14. The molecule has 2 N–H and O–H groups in total. The van der Waals surface area contributed by atoms with E-state index in [1.165, 1.54) is 6.08 Å². The molecule has 0 aliphatic rings. The van der Waals surface area contributed by atoms with E-state index < -0.39 is 11.8 Å². The molecule has 0 atom stereocenters. The van der Waals surface area contributed by atoms with Crippen molar-refractivity contribution in [3.8, 4) is 5.75 Å². The van der Waals surface area contributed by atoms with Gasteiger partial charge in [-0.15, -0.1) is 0 Å². The van der Waals surface area contributed by atoms with Gasteiger partial charge in [0.25, 0.3) is 11.8 Å². The van der Waals surface area contributed by atoms with Crippen LogP contribution in [0.1, 0.15) is 15.9 Å². The summed E-state index contributed by atoms with van der Waals surface area (Å²) >= 11 is 3.28. The highest BCUT2D eigenvalue weighted by molar-refractivity contribution is 9.10. The van der Waals surface area contributed by atoms with E-state index in [0.717, 1.165) is 11.3 Å². The minimum absolute atomic E-state index is 0.399. The minimum Gasteiger partial charge on any atom is -0.497 e. The van der Waals surface area contributed by atoms with Crippen LogP contribution in [0.5, 0.6) is 5.75 Å². The van der Waals surface area contributed by atoms with Crippen molar-refractivity contribution >= 4 is 33.8 Å². The van der Waals surface area contributed by atoms with Gasteiger partial charge in [0.15, 0.2) is 0 Å². The maximum Gasteiger partial charge on any atom is 0.270 e. The molecule has 0 aromatic heterocycles. The summed E-state index contributed by atoms with van der Waals surface area (Å²) in [4.78, 5) is 23.6. The number of rotatable bonds is 4. The molecule has 0 saturated heterocycles. The molecule has 118 valence electrons. The van der Waals surface area contributed by atoms with Crippen LogP contribution in [0.25, 0.3) is 6.08 Å². The highest BCUT2D eigenvalue weighted by atomic mass is 79.9. The number of hydrogen-bond acceptors (Lipinski definition) is 3. The van der Waals surface area contributed by atoms with Gasteiger partial charge in [0, 0.05) is 10.5 Å². The van der Waals surface area contributed by atoms with Gasteiger partial charge in [-0.25, -0.2) is 0 Å². The van der Waals surface area contributed by atoms with Gasteiger partial charge in [0.05, 0.1) is 12.7 Å². The fourth-order valence-electron chi connectivity index (χ4n) is 1.76. The summed E-state index contributed by atoms with van der Waals surface area (Å²) in [6.45, 7) is 0. The van der Waals surface area contributed by atoms with Crippen LogP contribution in [0.3, 0.4) is 0 Å². The Morgan fingerprint density at radius 3 is 2.39 bits per heavy atom. The smallest absolute Gasteiger partial charge is 0.270 e. The molecule has 6 heteroatoms. The molecule has 2 aromatic carbocycles. The number of hydrogen-bond donors (Lipinski definition) is 2. The Bertz CT molecular complexity index is 727. The molecule has 5 nitrogen and oxygen atoms in total. The average Bonchev–Trinajstić information content (AvgIpc) is 2.58. The molecular weight excluding hydrogens is 360 g/mol. The molecule has 2 rings (SSSR count). The Morgan fingerprint density at radius 2 is 1.74 bits per heavy atom. The quantitative estimate of drug-likeness (QED) is 0.638. The van der Waals surface area contributed by atoms with E-state index in [9.17, 15) is 9.59 Å². The first-order valence-electron chi connectivity index (χ1n) is 6.77. The topological polar surface area (TPSA) is 67.4 Å². The Hall–Kier alpha value is -2.60. The van der Waals surface area contributed by atoms with Crippen LogP contribution in [-0.4, -0.2) is 18.9 Å². The first kappa shape index (κ1) is 16.8. The first-order chi connectivity index (χ1) is 11.1. The second-order valence-electron chi connectivity index (χ2n) is 4.53. The van der Waals surface area contributed by atoms with Gasteiger partial charge in [-0.3, -0.25) is 20.4 Å². The lowest BCUT2D eigenvalue weighted by Gasteiger charge is -2.06. The molecule has 0 fully saturated rings.